The van der Waals surface area contributed by atoms with Crippen molar-refractivity contribution >= 4 is 33.2 Å². The monoisotopic (exact) mass is 293 g/mol. The maximum absolute atomic E-state index is 10.6. The molecule has 3 N–H and O–H groups in total. The van der Waals surface area contributed by atoms with Gasteiger partial charge in [-0.1, -0.05) is 0 Å². The second-order valence-corrected chi connectivity index (χ2v) is 4.88. The molecule has 0 aliphatic carbocycles. The Kier molecular flexibility index (Phi) is 4.72. The molecule has 0 aliphatic rings. The van der Waals surface area contributed by atoms with Crippen molar-refractivity contribution in [3.8, 4) is 0 Å². The van der Waals surface area contributed by atoms with Crippen molar-refractivity contribution in [2.24, 2.45) is 0 Å². The van der Waals surface area contributed by atoms with Crippen LogP contribution < -0.4 is 5.32 Å². The lowest BCUT2D eigenvalue weighted by Crippen LogP contribution is -2.34. The summed E-state index contributed by atoms with van der Waals surface area (Å²) in [4.78, 5) is 11.3. The van der Waals surface area contributed by atoms with E-state index in [0.29, 0.717) is 4.88 Å². The normalized spacial score (nSPS) is 14.7. The molecule has 1 rings (SSSR count). The zero-order valence-corrected chi connectivity index (χ0v) is 10.5. The number of aliphatic hydroxyl groups is 2. The molecule has 84 valence electrons. The third-order valence-electron chi connectivity index (χ3n) is 1.84. The number of aliphatic hydroxyl groups excluding tert-OH is 2. The first-order chi connectivity index (χ1) is 7.02. The summed E-state index contributed by atoms with van der Waals surface area (Å²) in [6, 6.07) is 1.80. The molecule has 0 aromatic carbocycles. The van der Waals surface area contributed by atoms with Gasteiger partial charge in [-0.2, -0.15) is 0 Å². The number of thiophene rings is 1. The molecule has 15 heavy (non-hydrogen) atoms. The number of rotatable bonds is 4. The molecule has 0 saturated heterocycles. The number of amides is 1. The van der Waals surface area contributed by atoms with Crippen LogP contribution in [0.15, 0.2) is 15.9 Å². The van der Waals surface area contributed by atoms with Gasteiger partial charge in [-0.25, -0.2) is 0 Å². The third-order valence-corrected chi connectivity index (χ3v) is 3.78. The fraction of sp³-hybridized carbons (Fsp3) is 0.444. The van der Waals surface area contributed by atoms with E-state index in [2.05, 4.69) is 21.2 Å². The molecule has 0 radical (unpaired) electrons. The molecule has 6 heteroatoms. The molecule has 0 fully saturated rings. The Balaban J connectivity index is 2.57. The minimum Gasteiger partial charge on any atom is -0.388 e. The number of hydrogen-bond acceptors (Lipinski definition) is 4. The van der Waals surface area contributed by atoms with Gasteiger partial charge in [0.05, 0.1) is 0 Å². The summed E-state index contributed by atoms with van der Waals surface area (Å²) < 4.78 is 0.766. The van der Waals surface area contributed by atoms with Gasteiger partial charge in [0.25, 0.3) is 0 Å². The van der Waals surface area contributed by atoms with Crippen LogP contribution in [0.4, 0.5) is 0 Å². The van der Waals surface area contributed by atoms with Gasteiger partial charge >= 0.3 is 0 Å². The van der Waals surface area contributed by atoms with Crippen LogP contribution in [0.1, 0.15) is 17.9 Å². The smallest absolute Gasteiger partial charge is 0.216 e. The molecule has 0 bridgehead atoms. The first kappa shape index (κ1) is 12.6. The van der Waals surface area contributed by atoms with Crippen molar-refractivity contribution in [2.75, 3.05) is 6.54 Å². The number of carbonyl (C=O) groups is 1. The van der Waals surface area contributed by atoms with E-state index in [1.54, 1.807) is 6.07 Å². The Bertz CT molecular complexity index is 342. The molecule has 0 saturated carbocycles. The highest BCUT2D eigenvalue weighted by molar-refractivity contribution is 9.10. The van der Waals surface area contributed by atoms with Crippen molar-refractivity contribution < 1.29 is 15.0 Å². The van der Waals surface area contributed by atoms with Gasteiger partial charge in [-0.3, -0.25) is 4.79 Å². The van der Waals surface area contributed by atoms with Crippen LogP contribution in [-0.2, 0) is 4.79 Å². The van der Waals surface area contributed by atoms with Crippen LogP contribution in [-0.4, -0.2) is 28.8 Å². The van der Waals surface area contributed by atoms with Crippen molar-refractivity contribution in [1.82, 2.24) is 5.32 Å². The fourth-order valence-electron chi connectivity index (χ4n) is 1.05. The maximum Gasteiger partial charge on any atom is 0.216 e. The largest absolute Gasteiger partial charge is 0.388 e. The van der Waals surface area contributed by atoms with Crippen molar-refractivity contribution in [3.63, 3.8) is 0 Å². The van der Waals surface area contributed by atoms with Crippen molar-refractivity contribution in [2.45, 2.75) is 19.1 Å². The van der Waals surface area contributed by atoms with Crippen LogP contribution in [0, 0.1) is 0 Å². The van der Waals surface area contributed by atoms with Gasteiger partial charge in [0.15, 0.2) is 0 Å². The first-order valence-electron chi connectivity index (χ1n) is 4.36. The van der Waals surface area contributed by atoms with Crippen LogP contribution >= 0.6 is 27.3 Å². The second-order valence-electron chi connectivity index (χ2n) is 3.08. The summed E-state index contributed by atoms with van der Waals surface area (Å²) in [5, 5.41) is 23.6. The third kappa shape index (κ3) is 3.57. The van der Waals surface area contributed by atoms with Gasteiger partial charge in [-0.15, -0.1) is 11.3 Å². The van der Waals surface area contributed by atoms with Gasteiger partial charge in [0, 0.05) is 22.8 Å². The highest BCUT2D eigenvalue weighted by atomic mass is 79.9. The Morgan fingerprint density at radius 1 is 1.67 bits per heavy atom. The van der Waals surface area contributed by atoms with E-state index in [-0.39, 0.29) is 12.5 Å². The zero-order valence-electron chi connectivity index (χ0n) is 8.11. The molecular formula is C9H12BrNO3S. The SMILES string of the molecule is CC(=O)NCC(O)C(O)c1sccc1Br. The molecule has 2 atom stereocenters. The Morgan fingerprint density at radius 3 is 2.80 bits per heavy atom. The van der Waals surface area contributed by atoms with Crippen molar-refractivity contribution in [1.29, 1.82) is 0 Å². The van der Waals surface area contributed by atoms with E-state index in [4.69, 9.17) is 0 Å². The van der Waals surface area contributed by atoms with Gasteiger partial charge in [0.1, 0.15) is 12.2 Å². The summed E-state index contributed by atoms with van der Waals surface area (Å²) in [5.74, 6) is -0.230. The van der Waals surface area contributed by atoms with Crippen LogP contribution in [0.25, 0.3) is 0 Å². The molecule has 4 nitrogen and oxygen atoms in total. The molecule has 2 unspecified atom stereocenters. The average molecular weight is 294 g/mol. The topological polar surface area (TPSA) is 69.6 Å². The first-order valence-corrected chi connectivity index (χ1v) is 6.03. The van der Waals surface area contributed by atoms with E-state index in [1.165, 1.54) is 18.3 Å². The van der Waals surface area contributed by atoms with Gasteiger partial charge in [0.2, 0.25) is 5.91 Å². The van der Waals surface area contributed by atoms with E-state index < -0.39 is 12.2 Å². The molecule has 1 amide bonds. The summed E-state index contributed by atoms with van der Waals surface area (Å²) in [5.41, 5.74) is 0. The highest BCUT2D eigenvalue weighted by Gasteiger charge is 2.21. The Labute approximate surface area is 100 Å². The van der Waals surface area contributed by atoms with E-state index >= 15 is 0 Å². The summed E-state index contributed by atoms with van der Waals surface area (Å²) in [6.07, 6.45) is -1.98. The van der Waals surface area contributed by atoms with Crippen LogP contribution in [0.5, 0.6) is 0 Å². The lowest BCUT2D eigenvalue weighted by atomic mass is 10.1. The number of halogens is 1. The second kappa shape index (κ2) is 5.60. The number of carbonyl (C=O) groups excluding carboxylic acids is 1. The lowest BCUT2D eigenvalue weighted by molar-refractivity contribution is -0.119. The summed E-state index contributed by atoms with van der Waals surface area (Å²) in [7, 11) is 0. The molecule has 0 aliphatic heterocycles. The quantitative estimate of drug-likeness (QED) is 0.777. The summed E-state index contributed by atoms with van der Waals surface area (Å²) in [6.45, 7) is 1.40. The lowest BCUT2D eigenvalue weighted by Gasteiger charge is -2.17. The zero-order chi connectivity index (χ0) is 11.4. The maximum atomic E-state index is 10.6. The van der Waals surface area contributed by atoms with Crippen LogP contribution in [0.2, 0.25) is 0 Å². The minimum atomic E-state index is -0.996. The summed E-state index contributed by atoms with van der Waals surface area (Å²) >= 11 is 4.62. The van der Waals surface area contributed by atoms with E-state index in [0.717, 1.165) is 4.47 Å². The standard InChI is InChI=1S/C9H12BrNO3S/c1-5(12)11-4-7(13)8(14)9-6(10)2-3-15-9/h2-3,7-8,13-14H,4H2,1H3,(H,11,12). The Hall–Kier alpha value is -0.430. The van der Waals surface area contributed by atoms with Gasteiger partial charge in [-0.05, 0) is 27.4 Å². The average Bonchev–Trinajstić information content (AvgIpc) is 2.59. The van der Waals surface area contributed by atoms with Gasteiger partial charge < -0.3 is 15.5 Å². The predicted molar refractivity (Wildman–Crippen MR) is 61.7 cm³/mol. The minimum absolute atomic E-state index is 0.0425. The molecule has 1 heterocycles. The van der Waals surface area contributed by atoms with Crippen molar-refractivity contribution in [3.05, 3.63) is 20.8 Å². The number of nitrogens with one attached hydrogen (secondary N) is 1. The van der Waals surface area contributed by atoms with Crippen LogP contribution in [0.3, 0.4) is 0 Å². The predicted octanol–water partition coefficient (Wildman–Crippen LogP) is 1.04. The number of hydrogen-bond donors (Lipinski definition) is 3. The molecule has 1 aromatic heterocycles. The van der Waals surface area contributed by atoms with E-state index in [9.17, 15) is 15.0 Å². The Morgan fingerprint density at radius 2 is 2.33 bits per heavy atom. The molecule has 0 spiro atoms. The highest BCUT2D eigenvalue weighted by Crippen LogP contribution is 2.30. The van der Waals surface area contributed by atoms with E-state index in [1.807, 2.05) is 5.38 Å². The molecular weight excluding hydrogens is 282 g/mol. The molecule has 1 aromatic rings. The fourth-order valence-corrected chi connectivity index (χ4v) is 2.70.